The minimum atomic E-state index is -4.65. The van der Waals surface area contributed by atoms with Gasteiger partial charge in [0.05, 0.1) is 34.2 Å². The Morgan fingerprint density at radius 2 is 1.95 bits per heavy atom. The molecule has 2 aromatic carbocycles. The molecule has 1 atom stereocenters. The molecule has 3 N–H and O–H groups in total. The van der Waals surface area contributed by atoms with Crippen LogP contribution < -0.4 is 25.6 Å². The van der Waals surface area contributed by atoms with Crippen LogP contribution >= 0.6 is 11.9 Å². The van der Waals surface area contributed by atoms with Crippen LogP contribution in [0, 0.1) is 0 Å². The van der Waals surface area contributed by atoms with Crippen LogP contribution in [-0.4, -0.2) is 60.3 Å². The molecule has 1 saturated heterocycles. The number of fused-ring (bicyclic) bond motifs is 3. The summed E-state index contributed by atoms with van der Waals surface area (Å²) in [5.74, 6) is 1.55. The van der Waals surface area contributed by atoms with E-state index in [4.69, 9.17) is 4.74 Å². The van der Waals surface area contributed by atoms with Crippen molar-refractivity contribution in [3.8, 4) is 5.75 Å². The van der Waals surface area contributed by atoms with Crippen molar-refractivity contribution in [2.75, 3.05) is 54.6 Å². The molecule has 1 fully saturated rings. The topological polar surface area (TPSA) is 81.8 Å². The van der Waals surface area contributed by atoms with Crippen molar-refractivity contribution in [2.24, 2.45) is 0 Å². The Kier molecular flexibility index (Phi) is 7.76. The number of hydrogen-bond acceptors (Lipinski definition) is 8. The Bertz CT molecular complexity index is 1360. The van der Waals surface area contributed by atoms with E-state index in [0.29, 0.717) is 12.3 Å². The van der Waals surface area contributed by atoms with E-state index in [1.165, 1.54) is 19.2 Å². The summed E-state index contributed by atoms with van der Waals surface area (Å²) in [5, 5.41) is 8.38. The summed E-state index contributed by atoms with van der Waals surface area (Å²) in [6.45, 7) is 5.49. The molecule has 3 aromatic rings. The standard InChI is InChI=1S/C27H29F3N6O2S/c1-3-39-35-10-11-36-18(15-35)16-38-24-12-17(8-9-23(24)36)33-25-13-22(20(14-32-25)27(28,29)30)34-21-7-5-4-6-19(21)26(37)31-2/h4-9,12-14,18H,3,10-11,15-16H2,1-2H3,(H,31,37)(H2,32,33,34). The average Bonchev–Trinajstić information content (AvgIpc) is 2.92. The number of nitrogens with one attached hydrogen (secondary N) is 3. The minimum absolute atomic E-state index is 0.210. The van der Waals surface area contributed by atoms with Crippen LogP contribution in [0.5, 0.6) is 5.75 Å². The van der Waals surface area contributed by atoms with Gasteiger partial charge in [-0.3, -0.25) is 4.79 Å². The number of amides is 1. The quantitative estimate of drug-likeness (QED) is 0.328. The predicted molar refractivity (Wildman–Crippen MR) is 148 cm³/mol. The van der Waals surface area contributed by atoms with Gasteiger partial charge in [-0.25, -0.2) is 9.29 Å². The summed E-state index contributed by atoms with van der Waals surface area (Å²) >= 11 is 1.84. The van der Waals surface area contributed by atoms with Gasteiger partial charge in [0.15, 0.2) is 0 Å². The number of rotatable bonds is 7. The molecule has 1 unspecified atom stereocenters. The summed E-state index contributed by atoms with van der Waals surface area (Å²) in [4.78, 5) is 18.6. The first-order valence-corrected chi connectivity index (χ1v) is 13.5. The van der Waals surface area contributed by atoms with E-state index in [1.807, 2.05) is 30.1 Å². The monoisotopic (exact) mass is 558 g/mol. The number of aromatic nitrogens is 1. The highest BCUT2D eigenvalue weighted by Crippen LogP contribution is 2.40. The predicted octanol–water partition coefficient (Wildman–Crippen LogP) is 5.50. The summed E-state index contributed by atoms with van der Waals surface area (Å²) < 4.78 is 49.9. The fourth-order valence-corrected chi connectivity index (χ4v) is 5.64. The van der Waals surface area contributed by atoms with Gasteiger partial charge in [0.2, 0.25) is 0 Å². The van der Waals surface area contributed by atoms with Crippen molar-refractivity contribution >= 4 is 46.4 Å². The highest BCUT2D eigenvalue weighted by Gasteiger charge is 2.35. The van der Waals surface area contributed by atoms with E-state index in [0.717, 1.165) is 43.0 Å². The fraction of sp³-hybridized carbons (Fsp3) is 0.333. The van der Waals surface area contributed by atoms with Crippen LogP contribution in [0.2, 0.25) is 0 Å². The zero-order chi connectivity index (χ0) is 27.6. The molecule has 0 spiro atoms. The van der Waals surface area contributed by atoms with Gasteiger partial charge in [-0.1, -0.05) is 31.0 Å². The van der Waals surface area contributed by atoms with Crippen LogP contribution in [0.15, 0.2) is 54.7 Å². The Morgan fingerprint density at radius 1 is 1.13 bits per heavy atom. The summed E-state index contributed by atoms with van der Waals surface area (Å²) in [6.07, 6.45) is -3.87. The number of ether oxygens (including phenoxy) is 1. The lowest BCUT2D eigenvalue weighted by Crippen LogP contribution is -2.55. The van der Waals surface area contributed by atoms with Gasteiger partial charge in [0, 0.05) is 56.5 Å². The highest BCUT2D eigenvalue weighted by molar-refractivity contribution is 7.96. The lowest BCUT2D eigenvalue weighted by Gasteiger charge is -2.45. The second-order valence-electron chi connectivity index (χ2n) is 9.13. The van der Waals surface area contributed by atoms with Gasteiger partial charge < -0.3 is 25.6 Å². The molecule has 2 aliphatic rings. The van der Waals surface area contributed by atoms with Crippen molar-refractivity contribution in [1.29, 1.82) is 0 Å². The number of halogens is 3. The first kappa shape index (κ1) is 26.9. The number of carbonyl (C=O) groups is 1. The normalized spacial score (nSPS) is 17.1. The van der Waals surface area contributed by atoms with E-state index in [-0.39, 0.29) is 28.8 Å². The molecule has 0 saturated carbocycles. The smallest absolute Gasteiger partial charge is 0.419 e. The molecule has 3 heterocycles. The van der Waals surface area contributed by atoms with Gasteiger partial charge >= 0.3 is 6.18 Å². The number of alkyl halides is 3. The lowest BCUT2D eigenvalue weighted by molar-refractivity contribution is -0.137. The molecule has 0 bridgehead atoms. The van der Waals surface area contributed by atoms with E-state index < -0.39 is 17.6 Å². The molecule has 0 radical (unpaired) electrons. The van der Waals surface area contributed by atoms with Crippen LogP contribution in [0.4, 0.5) is 41.7 Å². The Labute approximate surface area is 229 Å². The second-order valence-corrected chi connectivity index (χ2v) is 10.5. The van der Waals surface area contributed by atoms with Crippen LogP contribution in [-0.2, 0) is 6.18 Å². The summed E-state index contributed by atoms with van der Waals surface area (Å²) in [5.41, 5.74) is 0.936. The van der Waals surface area contributed by atoms with Crippen LogP contribution in [0.25, 0.3) is 0 Å². The SMILES string of the molecule is CCSN1CCN2c3ccc(Nc4cc(Nc5ccccc5C(=O)NC)c(C(F)(F)F)cn4)cc3OCC2C1. The molecule has 39 heavy (non-hydrogen) atoms. The van der Waals surface area contributed by atoms with Gasteiger partial charge in [-0.15, -0.1) is 0 Å². The lowest BCUT2D eigenvalue weighted by atomic mass is 10.1. The molecule has 1 aromatic heterocycles. The van der Waals surface area contributed by atoms with E-state index >= 15 is 0 Å². The van der Waals surface area contributed by atoms with E-state index in [9.17, 15) is 18.0 Å². The molecule has 5 rings (SSSR count). The van der Waals surface area contributed by atoms with Gasteiger partial charge in [-0.2, -0.15) is 13.2 Å². The van der Waals surface area contributed by atoms with E-state index in [1.54, 1.807) is 18.2 Å². The number of nitrogens with zero attached hydrogens (tertiary/aromatic N) is 3. The Hall–Kier alpha value is -3.64. The van der Waals surface area contributed by atoms with Crippen LogP contribution in [0.3, 0.4) is 0 Å². The van der Waals surface area contributed by atoms with Gasteiger partial charge in [0.25, 0.3) is 5.91 Å². The average molecular weight is 559 g/mol. The maximum Gasteiger partial charge on any atom is 0.419 e. The third kappa shape index (κ3) is 5.86. The van der Waals surface area contributed by atoms with Crippen molar-refractivity contribution in [3.63, 3.8) is 0 Å². The highest BCUT2D eigenvalue weighted by atomic mass is 32.2. The third-order valence-electron chi connectivity index (χ3n) is 6.61. The number of carbonyl (C=O) groups excluding carboxylic acids is 1. The second kappa shape index (κ2) is 11.2. The van der Waals surface area contributed by atoms with E-state index in [2.05, 4.69) is 37.1 Å². The Balaban J connectivity index is 1.39. The molecular weight excluding hydrogens is 529 g/mol. The van der Waals surface area contributed by atoms with Crippen molar-refractivity contribution in [1.82, 2.24) is 14.6 Å². The first-order chi connectivity index (χ1) is 18.8. The fourth-order valence-electron chi connectivity index (χ4n) is 4.79. The third-order valence-corrected chi connectivity index (χ3v) is 7.56. The Morgan fingerprint density at radius 3 is 2.72 bits per heavy atom. The number of benzene rings is 2. The number of pyridine rings is 1. The molecule has 2 aliphatic heterocycles. The van der Waals surface area contributed by atoms with Crippen LogP contribution in [0.1, 0.15) is 22.8 Å². The van der Waals surface area contributed by atoms with Crippen molar-refractivity contribution in [3.05, 3.63) is 65.9 Å². The van der Waals surface area contributed by atoms with Gasteiger partial charge in [0.1, 0.15) is 18.2 Å². The summed E-state index contributed by atoms with van der Waals surface area (Å²) in [6, 6.07) is 13.6. The molecule has 0 aliphatic carbocycles. The largest absolute Gasteiger partial charge is 0.489 e. The maximum absolute atomic E-state index is 13.8. The van der Waals surface area contributed by atoms with Gasteiger partial charge in [-0.05, 0) is 24.3 Å². The molecule has 1 amide bonds. The zero-order valence-corrected chi connectivity index (χ0v) is 22.3. The first-order valence-electron chi connectivity index (χ1n) is 12.6. The van der Waals surface area contributed by atoms with Crippen molar-refractivity contribution in [2.45, 2.75) is 19.1 Å². The molecular formula is C27H29F3N6O2S. The number of anilines is 5. The number of hydrogen-bond donors (Lipinski definition) is 3. The molecule has 8 nitrogen and oxygen atoms in total. The summed E-state index contributed by atoms with van der Waals surface area (Å²) in [7, 11) is 1.46. The minimum Gasteiger partial charge on any atom is -0.489 e. The van der Waals surface area contributed by atoms with Crippen molar-refractivity contribution < 1.29 is 22.7 Å². The number of piperazine rings is 1. The zero-order valence-electron chi connectivity index (χ0n) is 21.5. The number of para-hydroxylation sites is 1. The molecule has 206 valence electrons. The maximum atomic E-state index is 13.8. The molecule has 12 heteroatoms.